The predicted octanol–water partition coefficient (Wildman–Crippen LogP) is 2.65. The van der Waals surface area contributed by atoms with E-state index in [0.717, 1.165) is 4.47 Å². The molecular formula is C10H12BrClN2O. The normalized spacial score (nSPS) is 12.3. The highest BCUT2D eigenvalue weighted by Gasteiger charge is 2.11. The minimum atomic E-state index is -0.246. The Morgan fingerprint density at radius 1 is 1.53 bits per heavy atom. The van der Waals surface area contributed by atoms with E-state index in [0.29, 0.717) is 10.7 Å². The van der Waals surface area contributed by atoms with Gasteiger partial charge in [-0.1, -0.05) is 27.5 Å². The van der Waals surface area contributed by atoms with Crippen LogP contribution in [0, 0.1) is 0 Å². The van der Waals surface area contributed by atoms with Crippen molar-refractivity contribution >= 4 is 39.1 Å². The molecule has 0 spiro atoms. The molecular weight excluding hydrogens is 279 g/mol. The second-order valence-electron chi connectivity index (χ2n) is 3.12. The zero-order chi connectivity index (χ0) is 11.4. The van der Waals surface area contributed by atoms with Crippen LogP contribution in [0.4, 0.5) is 5.69 Å². The average Bonchev–Trinajstić information content (AvgIpc) is 2.20. The Morgan fingerprint density at radius 3 is 2.73 bits per heavy atom. The summed E-state index contributed by atoms with van der Waals surface area (Å²) in [5.41, 5.74) is 0.618. The van der Waals surface area contributed by atoms with Crippen molar-refractivity contribution < 1.29 is 4.79 Å². The van der Waals surface area contributed by atoms with Crippen LogP contribution in [0.5, 0.6) is 0 Å². The van der Waals surface area contributed by atoms with E-state index in [2.05, 4.69) is 26.6 Å². The molecule has 5 heteroatoms. The Labute approximate surface area is 102 Å². The first-order valence-electron chi connectivity index (χ1n) is 4.47. The lowest BCUT2D eigenvalue weighted by molar-refractivity contribution is -0.117. The predicted molar refractivity (Wildman–Crippen MR) is 66.3 cm³/mol. The van der Waals surface area contributed by atoms with E-state index in [1.807, 2.05) is 6.07 Å². The molecule has 0 aromatic heterocycles. The number of carbonyl (C=O) groups is 1. The summed E-state index contributed by atoms with van der Waals surface area (Å²) in [6, 6.07) is 5.07. The lowest BCUT2D eigenvalue weighted by Gasteiger charge is -2.12. The van der Waals surface area contributed by atoms with Gasteiger partial charge in [-0.15, -0.1) is 0 Å². The van der Waals surface area contributed by atoms with Crippen molar-refractivity contribution in [2.75, 3.05) is 12.4 Å². The molecule has 0 bridgehead atoms. The van der Waals surface area contributed by atoms with Crippen molar-refractivity contribution in [3.63, 3.8) is 0 Å². The van der Waals surface area contributed by atoms with E-state index in [9.17, 15) is 4.79 Å². The lowest BCUT2D eigenvalue weighted by Crippen LogP contribution is -2.35. The van der Waals surface area contributed by atoms with Crippen LogP contribution in [0.15, 0.2) is 22.7 Å². The van der Waals surface area contributed by atoms with Gasteiger partial charge in [-0.3, -0.25) is 4.79 Å². The van der Waals surface area contributed by atoms with Crippen molar-refractivity contribution in [3.05, 3.63) is 27.7 Å². The van der Waals surface area contributed by atoms with Gasteiger partial charge in [-0.05, 0) is 32.2 Å². The maximum absolute atomic E-state index is 11.5. The Balaban J connectivity index is 2.77. The molecule has 1 aromatic carbocycles. The van der Waals surface area contributed by atoms with Crippen LogP contribution in [-0.4, -0.2) is 19.0 Å². The number of halogens is 2. The highest BCUT2D eigenvalue weighted by atomic mass is 79.9. The molecule has 1 rings (SSSR count). The fourth-order valence-electron chi connectivity index (χ4n) is 0.963. The van der Waals surface area contributed by atoms with Crippen LogP contribution in [0.1, 0.15) is 6.92 Å². The minimum Gasteiger partial charge on any atom is -0.323 e. The third-order valence-electron chi connectivity index (χ3n) is 2.02. The van der Waals surface area contributed by atoms with Gasteiger partial charge in [0, 0.05) is 4.47 Å². The smallest absolute Gasteiger partial charge is 0.241 e. The van der Waals surface area contributed by atoms with Crippen LogP contribution in [0.3, 0.4) is 0 Å². The van der Waals surface area contributed by atoms with Crippen molar-refractivity contribution in [2.45, 2.75) is 13.0 Å². The van der Waals surface area contributed by atoms with Crippen molar-refractivity contribution in [1.82, 2.24) is 5.32 Å². The maximum Gasteiger partial charge on any atom is 0.241 e. The Hall–Kier alpha value is -0.580. The van der Waals surface area contributed by atoms with Gasteiger partial charge in [0.05, 0.1) is 16.8 Å². The second kappa shape index (κ2) is 5.49. The second-order valence-corrected chi connectivity index (χ2v) is 4.45. The number of hydrogen-bond acceptors (Lipinski definition) is 2. The van der Waals surface area contributed by atoms with Crippen LogP contribution >= 0.6 is 27.5 Å². The third-order valence-corrected chi connectivity index (χ3v) is 2.82. The number of anilines is 1. The molecule has 1 unspecified atom stereocenters. The Bertz CT molecular complexity index is 370. The topological polar surface area (TPSA) is 41.1 Å². The Morgan fingerprint density at radius 2 is 2.20 bits per heavy atom. The monoisotopic (exact) mass is 290 g/mol. The zero-order valence-corrected chi connectivity index (χ0v) is 10.8. The van der Waals surface area contributed by atoms with Gasteiger partial charge in [-0.25, -0.2) is 0 Å². The molecule has 1 atom stereocenters. The quantitative estimate of drug-likeness (QED) is 0.899. The summed E-state index contributed by atoms with van der Waals surface area (Å²) in [5.74, 6) is -0.110. The van der Waals surface area contributed by atoms with Crippen LogP contribution in [0.2, 0.25) is 5.02 Å². The number of amides is 1. The van der Waals surface area contributed by atoms with Crippen LogP contribution in [-0.2, 0) is 4.79 Å². The SMILES string of the molecule is CNC(C)C(=O)Nc1ccc(Br)cc1Cl. The number of rotatable bonds is 3. The molecule has 0 aliphatic carbocycles. The summed E-state index contributed by atoms with van der Waals surface area (Å²) in [5, 5.41) is 6.10. The average molecular weight is 292 g/mol. The third kappa shape index (κ3) is 3.48. The van der Waals surface area contributed by atoms with E-state index in [1.54, 1.807) is 26.1 Å². The van der Waals surface area contributed by atoms with Crippen molar-refractivity contribution in [3.8, 4) is 0 Å². The molecule has 0 saturated heterocycles. The molecule has 0 saturated carbocycles. The fourth-order valence-corrected chi connectivity index (χ4v) is 1.68. The number of benzene rings is 1. The Kier molecular flexibility index (Phi) is 4.57. The van der Waals surface area contributed by atoms with Gasteiger partial charge in [0.2, 0.25) is 5.91 Å². The highest BCUT2D eigenvalue weighted by Crippen LogP contribution is 2.25. The first kappa shape index (κ1) is 12.5. The standard InChI is InChI=1S/C10H12BrClN2O/c1-6(13-2)10(15)14-9-4-3-7(11)5-8(9)12/h3-6,13H,1-2H3,(H,14,15). The molecule has 0 fully saturated rings. The summed E-state index contributed by atoms with van der Waals surface area (Å²) in [4.78, 5) is 11.5. The number of likely N-dealkylation sites (N-methyl/N-ethyl adjacent to an activating group) is 1. The van der Waals surface area contributed by atoms with Gasteiger partial charge in [0.15, 0.2) is 0 Å². The molecule has 15 heavy (non-hydrogen) atoms. The van der Waals surface area contributed by atoms with Crippen molar-refractivity contribution in [2.24, 2.45) is 0 Å². The summed E-state index contributed by atoms with van der Waals surface area (Å²) >= 11 is 9.25. The van der Waals surface area contributed by atoms with Crippen molar-refractivity contribution in [1.29, 1.82) is 0 Å². The summed E-state index contributed by atoms with van der Waals surface area (Å²) in [6.45, 7) is 1.78. The maximum atomic E-state index is 11.5. The van der Waals surface area contributed by atoms with E-state index in [1.165, 1.54) is 0 Å². The number of nitrogens with one attached hydrogen (secondary N) is 2. The van der Waals surface area contributed by atoms with Gasteiger partial charge in [-0.2, -0.15) is 0 Å². The minimum absolute atomic E-state index is 0.110. The summed E-state index contributed by atoms with van der Waals surface area (Å²) in [7, 11) is 1.73. The number of hydrogen-bond donors (Lipinski definition) is 2. The molecule has 1 aromatic rings. The summed E-state index contributed by atoms with van der Waals surface area (Å²) < 4.78 is 0.882. The lowest BCUT2D eigenvalue weighted by atomic mass is 10.2. The molecule has 0 heterocycles. The van der Waals surface area contributed by atoms with E-state index < -0.39 is 0 Å². The zero-order valence-electron chi connectivity index (χ0n) is 8.47. The largest absolute Gasteiger partial charge is 0.323 e. The first-order chi connectivity index (χ1) is 7.04. The summed E-state index contributed by atoms with van der Waals surface area (Å²) in [6.07, 6.45) is 0. The van der Waals surface area contributed by atoms with Gasteiger partial charge < -0.3 is 10.6 Å². The fraction of sp³-hybridized carbons (Fsp3) is 0.300. The first-order valence-corrected chi connectivity index (χ1v) is 5.65. The van der Waals surface area contributed by atoms with Crippen LogP contribution < -0.4 is 10.6 Å². The van der Waals surface area contributed by atoms with E-state index in [4.69, 9.17) is 11.6 Å². The molecule has 3 nitrogen and oxygen atoms in total. The highest BCUT2D eigenvalue weighted by molar-refractivity contribution is 9.10. The van der Waals surface area contributed by atoms with E-state index in [-0.39, 0.29) is 11.9 Å². The van der Waals surface area contributed by atoms with Gasteiger partial charge in [0.1, 0.15) is 0 Å². The van der Waals surface area contributed by atoms with Gasteiger partial charge >= 0.3 is 0 Å². The van der Waals surface area contributed by atoms with Gasteiger partial charge in [0.25, 0.3) is 0 Å². The molecule has 2 N–H and O–H groups in total. The molecule has 1 amide bonds. The molecule has 0 aliphatic rings. The molecule has 0 aliphatic heterocycles. The molecule has 0 radical (unpaired) electrons. The van der Waals surface area contributed by atoms with E-state index >= 15 is 0 Å². The number of carbonyl (C=O) groups excluding carboxylic acids is 1. The van der Waals surface area contributed by atoms with Crippen LogP contribution in [0.25, 0.3) is 0 Å². The molecule has 82 valence electrons.